The molecule has 4 unspecified atom stereocenters. The van der Waals surface area contributed by atoms with Gasteiger partial charge in [-0.05, 0) is 43.2 Å². The van der Waals surface area contributed by atoms with Gasteiger partial charge >= 0.3 is 0 Å². The Morgan fingerprint density at radius 3 is 2.53 bits per heavy atom. The number of thiazole rings is 1. The van der Waals surface area contributed by atoms with E-state index < -0.39 is 30.1 Å². The van der Waals surface area contributed by atoms with E-state index in [1.165, 1.54) is 11.8 Å². The predicted octanol–water partition coefficient (Wildman–Crippen LogP) is 5.23. The first-order valence-electron chi connectivity index (χ1n) is 11.7. The van der Waals surface area contributed by atoms with Gasteiger partial charge in [-0.1, -0.05) is 49.4 Å². The topological polar surface area (TPSA) is 76.6 Å². The van der Waals surface area contributed by atoms with Crippen molar-refractivity contribution in [1.29, 1.82) is 0 Å². The number of aromatic nitrogens is 1. The quantitative estimate of drug-likeness (QED) is 0.558. The van der Waals surface area contributed by atoms with Crippen LogP contribution in [-0.4, -0.2) is 34.7 Å². The molecule has 3 heterocycles. The van der Waals surface area contributed by atoms with Crippen molar-refractivity contribution in [3.05, 3.63) is 57.3 Å². The highest BCUT2D eigenvalue weighted by atomic mass is 32.1. The monoisotopic (exact) mass is 482 g/mol. The molecule has 1 aliphatic carbocycles. The molecule has 2 aliphatic heterocycles. The summed E-state index contributed by atoms with van der Waals surface area (Å²) in [7, 11) is 0. The third kappa shape index (κ3) is 3.59. The highest BCUT2D eigenvalue weighted by Crippen LogP contribution is 2.49. The van der Waals surface area contributed by atoms with E-state index in [0.29, 0.717) is 34.5 Å². The van der Waals surface area contributed by atoms with E-state index in [1.807, 2.05) is 24.3 Å². The van der Waals surface area contributed by atoms with Gasteiger partial charge in [-0.2, -0.15) is 0 Å². The van der Waals surface area contributed by atoms with Crippen LogP contribution >= 0.6 is 11.3 Å². The summed E-state index contributed by atoms with van der Waals surface area (Å²) in [5, 5.41) is 0.350. The maximum absolute atomic E-state index is 14.2. The maximum atomic E-state index is 14.2. The zero-order valence-electron chi connectivity index (χ0n) is 19.6. The van der Waals surface area contributed by atoms with Gasteiger partial charge in [0.1, 0.15) is 12.3 Å². The van der Waals surface area contributed by atoms with Crippen molar-refractivity contribution in [2.45, 2.75) is 71.2 Å². The number of alkyl halides is 1. The number of nitrogens with zero attached hydrogens (tertiary/aromatic N) is 2. The fourth-order valence-corrected chi connectivity index (χ4v) is 6.19. The van der Waals surface area contributed by atoms with Gasteiger partial charge in [0, 0.05) is 6.92 Å². The van der Waals surface area contributed by atoms with Crippen LogP contribution in [0.25, 0.3) is 0 Å². The minimum Gasteiger partial charge on any atom is -0.483 e. The van der Waals surface area contributed by atoms with Crippen LogP contribution in [0.3, 0.4) is 0 Å². The lowest BCUT2D eigenvalue weighted by molar-refractivity contribution is -0.133. The van der Waals surface area contributed by atoms with Crippen molar-refractivity contribution in [3.8, 4) is 0 Å². The molecule has 0 N–H and O–H groups in total. The Balaban J connectivity index is 1.64. The average Bonchev–Trinajstić information content (AvgIpc) is 3.32. The fourth-order valence-electron chi connectivity index (χ4n) is 5.20. The van der Waals surface area contributed by atoms with Crippen molar-refractivity contribution < 1.29 is 23.5 Å². The number of Topliss-reactive ketones (excluding diaryl/α,β-unsaturated/α-hetero) is 2. The lowest BCUT2D eigenvalue weighted by atomic mass is 9.77. The van der Waals surface area contributed by atoms with E-state index in [4.69, 9.17) is 4.74 Å². The van der Waals surface area contributed by atoms with Crippen LogP contribution in [0.5, 0.6) is 0 Å². The molecular formula is C26H27FN2O4S. The SMILES string of the molecule is CC(=O)c1sc(N2C(=O)C3=C(C(=O)C4CC(F)CCC4O3)C2c2ccc(C(C)C)cc2)nc1C. The summed E-state index contributed by atoms with van der Waals surface area (Å²) in [6.45, 7) is 7.39. The predicted molar refractivity (Wildman–Crippen MR) is 127 cm³/mol. The van der Waals surface area contributed by atoms with Crippen LogP contribution in [-0.2, 0) is 14.3 Å². The molecule has 1 amide bonds. The molecule has 0 saturated heterocycles. The molecule has 2 aromatic rings. The van der Waals surface area contributed by atoms with Crippen molar-refractivity contribution >= 4 is 33.9 Å². The van der Waals surface area contributed by atoms with E-state index in [9.17, 15) is 18.8 Å². The Kier molecular flexibility index (Phi) is 5.67. The number of carbonyl (C=O) groups is 3. The minimum atomic E-state index is -1.05. The number of benzene rings is 1. The van der Waals surface area contributed by atoms with Crippen LogP contribution in [0.4, 0.5) is 9.52 Å². The number of fused-ring (bicyclic) bond motifs is 1. The molecule has 1 aromatic heterocycles. The lowest BCUT2D eigenvalue weighted by Gasteiger charge is -2.36. The van der Waals surface area contributed by atoms with E-state index in [0.717, 1.165) is 22.5 Å². The van der Waals surface area contributed by atoms with Crippen molar-refractivity contribution in [2.24, 2.45) is 5.92 Å². The van der Waals surface area contributed by atoms with Crippen LogP contribution in [0, 0.1) is 12.8 Å². The van der Waals surface area contributed by atoms with Gasteiger partial charge in [0.15, 0.2) is 22.5 Å². The van der Waals surface area contributed by atoms with Gasteiger partial charge in [-0.15, -0.1) is 0 Å². The zero-order chi connectivity index (χ0) is 24.3. The maximum Gasteiger partial charge on any atom is 0.296 e. The number of rotatable bonds is 4. The second-order valence-electron chi connectivity index (χ2n) is 9.65. The summed E-state index contributed by atoms with van der Waals surface area (Å²) in [5.41, 5.74) is 2.70. The number of aryl methyl sites for hydroxylation is 1. The molecule has 34 heavy (non-hydrogen) atoms. The van der Waals surface area contributed by atoms with Crippen LogP contribution in [0.2, 0.25) is 0 Å². The summed E-state index contributed by atoms with van der Waals surface area (Å²) < 4.78 is 20.3. The molecule has 8 heteroatoms. The van der Waals surface area contributed by atoms with Crippen LogP contribution in [0.15, 0.2) is 35.6 Å². The molecular weight excluding hydrogens is 455 g/mol. The highest BCUT2D eigenvalue weighted by Gasteiger charge is 2.54. The molecule has 1 aromatic carbocycles. The number of ketones is 2. The molecule has 0 radical (unpaired) electrons. The van der Waals surface area contributed by atoms with E-state index in [2.05, 4.69) is 18.8 Å². The summed E-state index contributed by atoms with van der Waals surface area (Å²) in [4.78, 5) is 45.9. The molecule has 5 rings (SSSR count). The van der Waals surface area contributed by atoms with Gasteiger partial charge in [0.25, 0.3) is 5.91 Å². The fraction of sp³-hybridized carbons (Fsp3) is 0.462. The molecule has 178 valence electrons. The Morgan fingerprint density at radius 1 is 1.21 bits per heavy atom. The molecule has 0 bridgehead atoms. The number of halogens is 1. The first-order chi connectivity index (χ1) is 16.2. The van der Waals surface area contributed by atoms with Gasteiger partial charge in [0.05, 0.1) is 28.1 Å². The number of hydrogen-bond acceptors (Lipinski definition) is 6. The standard InChI is InChI=1S/C26H27FN2O4S/c1-12(2)15-5-7-16(8-6-15)21-20-22(31)18-11-17(27)9-10-19(18)33-23(20)25(32)29(21)26-28-13(3)24(34-26)14(4)30/h5-8,12,17-19,21H,9-11H2,1-4H3. The Labute approximate surface area is 201 Å². The van der Waals surface area contributed by atoms with E-state index in [-0.39, 0.29) is 29.3 Å². The third-order valence-electron chi connectivity index (χ3n) is 7.01. The van der Waals surface area contributed by atoms with Crippen molar-refractivity contribution in [2.75, 3.05) is 4.90 Å². The number of amides is 1. The van der Waals surface area contributed by atoms with Crippen LogP contribution in [0.1, 0.15) is 78.5 Å². The smallest absolute Gasteiger partial charge is 0.296 e. The minimum absolute atomic E-state index is 0.0405. The largest absolute Gasteiger partial charge is 0.483 e. The normalized spacial score (nSPS) is 26.6. The summed E-state index contributed by atoms with van der Waals surface area (Å²) >= 11 is 1.14. The van der Waals surface area contributed by atoms with Gasteiger partial charge < -0.3 is 4.74 Å². The molecule has 1 saturated carbocycles. The summed E-state index contributed by atoms with van der Waals surface area (Å²) in [5.74, 6) is -1.02. The molecule has 6 nitrogen and oxygen atoms in total. The van der Waals surface area contributed by atoms with Crippen molar-refractivity contribution in [1.82, 2.24) is 4.98 Å². The molecule has 4 atom stereocenters. The Hall–Kier alpha value is -2.87. The number of hydrogen-bond donors (Lipinski definition) is 0. The average molecular weight is 483 g/mol. The second kappa shape index (κ2) is 8.41. The Bertz CT molecular complexity index is 1220. The second-order valence-corrected chi connectivity index (χ2v) is 10.6. The molecule has 0 spiro atoms. The summed E-state index contributed by atoms with van der Waals surface area (Å²) in [6, 6.07) is 7.08. The van der Waals surface area contributed by atoms with E-state index >= 15 is 0 Å². The van der Waals surface area contributed by atoms with Crippen LogP contribution < -0.4 is 4.90 Å². The first-order valence-corrected chi connectivity index (χ1v) is 12.5. The number of carbonyl (C=O) groups excluding carboxylic acids is 3. The highest BCUT2D eigenvalue weighted by molar-refractivity contribution is 7.17. The van der Waals surface area contributed by atoms with Gasteiger partial charge in [-0.25, -0.2) is 9.37 Å². The lowest BCUT2D eigenvalue weighted by Crippen LogP contribution is -2.42. The number of ether oxygens (including phenoxy) is 1. The van der Waals surface area contributed by atoms with Crippen molar-refractivity contribution in [3.63, 3.8) is 0 Å². The first kappa shape index (κ1) is 22.9. The Morgan fingerprint density at radius 2 is 1.91 bits per heavy atom. The zero-order valence-corrected chi connectivity index (χ0v) is 20.4. The molecule has 1 fully saturated rings. The van der Waals surface area contributed by atoms with Gasteiger partial charge in [-0.3, -0.25) is 19.3 Å². The van der Waals surface area contributed by atoms with E-state index in [1.54, 1.807) is 6.92 Å². The number of anilines is 1. The third-order valence-corrected chi connectivity index (χ3v) is 8.27. The molecule has 3 aliphatic rings. The van der Waals surface area contributed by atoms with Gasteiger partial charge in [0.2, 0.25) is 0 Å². The summed E-state index contributed by atoms with van der Waals surface area (Å²) in [6.07, 6.45) is -0.703.